The molecule has 0 aliphatic carbocycles. The van der Waals surface area contributed by atoms with Crippen LogP contribution in [0.5, 0.6) is 0 Å². The second-order valence-corrected chi connectivity index (χ2v) is 6.68. The van der Waals surface area contributed by atoms with Gasteiger partial charge in [0.15, 0.2) is 0 Å². The summed E-state index contributed by atoms with van der Waals surface area (Å²) in [6.07, 6.45) is 2.59. The number of nitrogens with zero attached hydrogens (tertiary/aromatic N) is 1. The first-order valence-corrected chi connectivity index (χ1v) is 8.67. The number of amides is 1. The van der Waals surface area contributed by atoms with Gasteiger partial charge in [-0.1, -0.05) is 12.1 Å². The van der Waals surface area contributed by atoms with E-state index in [0.29, 0.717) is 31.6 Å². The Kier molecular flexibility index (Phi) is 5.48. The summed E-state index contributed by atoms with van der Waals surface area (Å²) in [4.78, 5) is 14.1. The summed E-state index contributed by atoms with van der Waals surface area (Å²) < 4.78 is 18.7. The van der Waals surface area contributed by atoms with E-state index in [1.807, 2.05) is 0 Å². The van der Waals surface area contributed by atoms with Gasteiger partial charge in [0.1, 0.15) is 11.9 Å². The van der Waals surface area contributed by atoms with Crippen LogP contribution < -0.4 is 5.32 Å². The predicted molar refractivity (Wildman–Crippen MR) is 88.0 cm³/mol. The van der Waals surface area contributed by atoms with E-state index in [2.05, 4.69) is 10.2 Å². The molecular formula is C18H25FN2O3. The third-order valence-corrected chi connectivity index (χ3v) is 4.99. The van der Waals surface area contributed by atoms with E-state index in [-0.39, 0.29) is 17.8 Å². The zero-order chi connectivity index (χ0) is 17.0. The second-order valence-electron chi connectivity index (χ2n) is 6.68. The molecule has 0 bridgehead atoms. The highest BCUT2D eigenvalue weighted by atomic mass is 19.1. The monoisotopic (exact) mass is 336 g/mol. The van der Waals surface area contributed by atoms with Gasteiger partial charge >= 0.3 is 0 Å². The fourth-order valence-electron chi connectivity index (χ4n) is 3.45. The summed E-state index contributed by atoms with van der Waals surface area (Å²) >= 11 is 0. The maximum absolute atomic E-state index is 13.4. The second kappa shape index (κ2) is 7.59. The third-order valence-electron chi connectivity index (χ3n) is 4.99. The Labute approximate surface area is 141 Å². The molecule has 1 aromatic rings. The highest BCUT2D eigenvalue weighted by molar-refractivity contribution is 5.80. The van der Waals surface area contributed by atoms with Crippen LogP contribution in [-0.4, -0.2) is 54.8 Å². The van der Waals surface area contributed by atoms with Crippen LogP contribution in [0.1, 0.15) is 31.2 Å². The number of ether oxygens (including phenoxy) is 1. The number of halogens is 1. The Morgan fingerprint density at radius 1 is 1.42 bits per heavy atom. The molecule has 0 saturated carbocycles. The van der Waals surface area contributed by atoms with E-state index in [1.54, 1.807) is 12.1 Å². The average Bonchev–Trinajstić information content (AvgIpc) is 3.11. The lowest BCUT2D eigenvalue weighted by Crippen LogP contribution is -2.46. The van der Waals surface area contributed by atoms with Crippen LogP contribution in [0.4, 0.5) is 4.39 Å². The molecule has 2 fully saturated rings. The van der Waals surface area contributed by atoms with E-state index in [9.17, 15) is 14.3 Å². The van der Waals surface area contributed by atoms with Crippen LogP contribution in [0.2, 0.25) is 0 Å². The Morgan fingerprint density at radius 2 is 2.21 bits per heavy atom. The number of likely N-dealkylation sites (tertiary alicyclic amines) is 1. The number of benzene rings is 1. The average molecular weight is 336 g/mol. The number of nitrogens with one attached hydrogen (secondary N) is 1. The highest BCUT2D eigenvalue weighted by Crippen LogP contribution is 2.32. The highest BCUT2D eigenvalue weighted by Gasteiger charge is 2.34. The smallest absolute Gasteiger partial charge is 0.249 e. The number of aliphatic hydroxyl groups is 1. The number of rotatable bonds is 5. The molecule has 2 aliphatic heterocycles. The van der Waals surface area contributed by atoms with Gasteiger partial charge in [-0.25, -0.2) is 4.39 Å². The fourth-order valence-corrected chi connectivity index (χ4v) is 3.45. The molecule has 1 unspecified atom stereocenters. The topological polar surface area (TPSA) is 61.8 Å². The van der Waals surface area contributed by atoms with Crippen molar-refractivity contribution in [2.75, 3.05) is 32.8 Å². The number of hydrogen-bond acceptors (Lipinski definition) is 4. The van der Waals surface area contributed by atoms with Gasteiger partial charge in [-0.3, -0.25) is 4.79 Å². The van der Waals surface area contributed by atoms with Crippen molar-refractivity contribution in [3.05, 3.63) is 35.6 Å². The van der Waals surface area contributed by atoms with Crippen LogP contribution >= 0.6 is 0 Å². The lowest BCUT2D eigenvalue weighted by Gasteiger charge is -2.38. The van der Waals surface area contributed by atoms with Gasteiger partial charge in [0.05, 0.1) is 5.60 Å². The maximum atomic E-state index is 13.4. The van der Waals surface area contributed by atoms with Crippen LogP contribution in [0, 0.1) is 5.82 Å². The zero-order valence-corrected chi connectivity index (χ0v) is 13.8. The molecule has 1 atom stereocenters. The molecule has 132 valence electrons. The van der Waals surface area contributed by atoms with E-state index in [4.69, 9.17) is 4.74 Å². The van der Waals surface area contributed by atoms with Crippen LogP contribution in [0.3, 0.4) is 0 Å². The van der Waals surface area contributed by atoms with Crippen molar-refractivity contribution in [3.8, 4) is 0 Å². The summed E-state index contributed by atoms with van der Waals surface area (Å²) in [5, 5.41) is 13.7. The van der Waals surface area contributed by atoms with Crippen molar-refractivity contribution >= 4 is 5.91 Å². The quantitative estimate of drug-likeness (QED) is 0.853. The van der Waals surface area contributed by atoms with Gasteiger partial charge in [-0.2, -0.15) is 0 Å². The molecule has 0 aromatic heterocycles. The molecule has 2 saturated heterocycles. The van der Waals surface area contributed by atoms with Gasteiger partial charge in [-0.15, -0.1) is 0 Å². The van der Waals surface area contributed by atoms with Crippen molar-refractivity contribution < 1.29 is 19.0 Å². The SMILES string of the molecule is O=C(NCCN1CCC(O)(c2cccc(F)c2)CC1)C1CCCO1. The first-order valence-electron chi connectivity index (χ1n) is 8.67. The first-order chi connectivity index (χ1) is 11.6. The van der Waals surface area contributed by atoms with Gasteiger partial charge < -0.3 is 20.1 Å². The lowest BCUT2D eigenvalue weighted by molar-refractivity contribution is -0.130. The minimum atomic E-state index is -0.959. The molecule has 2 N–H and O–H groups in total. The van der Waals surface area contributed by atoms with Crippen molar-refractivity contribution in [3.63, 3.8) is 0 Å². The van der Waals surface area contributed by atoms with Crippen molar-refractivity contribution in [2.24, 2.45) is 0 Å². The lowest BCUT2D eigenvalue weighted by atomic mass is 9.84. The Morgan fingerprint density at radius 3 is 2.88 bits per heavy atom. The molecule has 2 aliphatic rings. The summed E-state index contributed by atoms with van der Waals surface area (Å²) in [6.45, 7) is 3.45. The molecule has 5 nitrogen and oxygen atoms in total. The molecule has 2 heterocycles. The van der Waals surface area contributed by atoms with Gasteiger partial charge in [0, 0.05) is 32.8 Å². The minimum Gasteiger partial charge on any atom is -0.385 e. The van der Waals surface area contributed by atoms with Crippen molar-refractivity contribution in [1.82, 2.24) is 10.2 Å². The molecule has 6 heteroatoms. The molecule has 0 radical (unpaired) electrons. The normalized spacial score (nSPS) is 24.0. The zero-order valence-electron chi connectivity index (χ0n) is 13.8. The molecule has 1 aromatic carbocycles. The standard InChI is InChI=1S/C18H25FN2O3/c19-15-4-1-3-14(13-15)18(23)6-9-21(10-7-18)11-8-20-17(22)16-5-2-12-24-16/h1,3-4,13,16,23H,2,5-12H2,(H,20,22). The first kappa shape index (κ1) is 17.3. The van der Waals surface area contributed by atoms with Crippen molar-refractivity contribution in [1.29, 1.82) is 0 Å². The summed E-state index contributed by atoms with van der Waals surface area (Å²) in [5.41, 5.74) is -0.312. The minimum absolute atomic E-state index is 0.0271. The number of carbonyl (C=O) groups is 1. The Hall–Kier alpha value is -1.50. The molecule has 3 rings (SSSR count). The largest absolute Gasteiger partial charge is 0.385 e. The van der Waals surface area contributed by atoms with Crippen LogP contribution in [0.25, 0.3) is 0 Å². The van der Waals surface area contributed by atoms with Gasteiger partial charge in [0.25, 0.3) is 0 Å². The molecule has 1 amide bonds. The van der Waals surface area contributed by atoms with E-state index < -0.39 is 5.60 Å². The fraction of sp³-hybridized carbons (Fsp3) is 0.611. The number of hydrogen-bond donors (Lipinski definition) is 2. The molecule has 24 heavy (non-hydrogen) atoms. The Balaban J connectivity index is 1.42. The van der Waals surface area contributed by atoms with E-state index >= 15 is 0 Å². The van der Waals surface area contributed by atoms with Crippen LogP contribution in [-0.2, 0) is 15.1 Å². The van der Waals surface area contributed by atoms with Gasteiger partial charge in [-0.05, 0) is 43.4 Å². The third kappa shape index (κ3) is 4.12. The van der Waals surface area contributed by atoms with Crippen molar-refractivity contribution in [2.45, 2.75) is 37.4 Å². The van der Waals surface area contributed by atoms with E-state index in [0.717, 1.165) is 32.5 Å². The summed E-state index contributed by atoms with van der Waals surface area (Å²) in [6, 6.07) is 6.21. The summed E-state index contributed by atoms with van der Waals surface area (Å²) in [7, 11) is 0. The summed E-state index contributed by atoms with van der Waals surface area (Å²) in [5.74, 6) is -0.346. The maximum Gasteiger partial charge on any atom is 0.249 e. The molecule has 0 spiro atoms. The predicted octanol–water partition coefficient (Wildman–Crippen LogP) is 1.40. The van der Waals surface area contributed by atoms with E-state index in [1.165, 1.54) is 12.1 Å². The number of piperidine rings is 1. The molecular weight excluding hydrogens is 311 g/mol. The number of carbonyl (C=O) groups excluding carboxylic acids is 1. The Bertz CT molecular complexity index is 567. The van der Waals surface area contributed by atoms with Crippen LogP contribution in [0.15, 0.2) is 24.3 Å². The van der Waals surface area contributed by atoms with Gasteiger partial charge in [0.2, 0.25) is 5.91 Å².